The van der Waals surface area contributed by atoms with Gasteiger partial charge in [-0.15, -0.1) is 0 Å². The number of nitrogens with one attached hydrogen (secondary N) is 1. The molecule has 3 aromatic rings. The summed E-state index contributed by atoms with van der Waals surface area (Å²) in [4.78, 5) is 41.3. The van der Waals surface area contributed by atoms with Crippen molar-refractivity contribution in [3.63, 3.8) is 0 Å². The van der Waals surface area contributed by atoms with Gasteiger partial charge in [-0.3, -0.25) is 14.2 Å². The van der Waals surface area contributed by atoms with Gasteiger partial charge in [-0.1, -0.05) is 18.9 Å². The van der Waals surface area contributed by atoms with Crippen LogP contribution in [0.15, 0.2) is 29.3 Å². The normalized spacial score (nSPS) is 18.7. The van der Waals surface area contributed by atoms with Crippen LogP contribution in [0, 0.1) is 6.92 Å². The summed E-state index contributed by atoms with van der Waals surface area (Å²) >= 11 is 0. The number of fused-ring (bicyclic) bond motifs is 1. The number of likely N-dealkylation sites (tertiary alicyclic amines) is 1. The Bertz CT molecular complexity index is 1320. The van der Waals surface area contributed by atoms with Crippen LogP contribution >= 0.6 is 0 Å². The topological polar surface area (TPSA) is 93.0 Å². The van der Waals surface area contributed by atoms with Crippen LogP contribution in [0.25, 0.3) is 11.0 Å². The summed E-state index contributed by atoms with van der Waals surface area (Å²) in [6, 6.07) is 3.51. The van der Waals surface area contributed by atoms with E-state index in [0.717, 1.165) is 38.8 Å². The average Bonchev–Trinajstić information content (AvgIpc) is 3.36. The number of pyridine rings is 2. The van der Waals surface area contributed by atoms with Crippen molar-refractivity contribution in [3.05, 3.63) is 51.6 Å². The van der Waals surface area contributed by atoms with Crippen molar-refractivity contribution >= 4 is 28.6 Å². The molecule has 8 nitrogen and oxygen atoms in total. The Hall–Kier alpha value is -3.20. The number of carbonyl (C=O) groups excluding carboxylic acids is 1. The minimum Gasteiger partial charge on any atom is -0.309 e. The van der Waals surface area contributed by atoms with Crippen LogP contribution in [-0.4, -0.2) is 50.3 Å². The monoisotopic (exact) mass is 478 g/mol. The van der Waals surface area contributed by atoms with Crippen molar-refractivity contribution in [3.8, 4) is 0 Å². The molecule has 1 aliphatic carbocycles. The summed E-state index contributed by atoms with van der Waals surface area (Å²) < 4.78 is 17.1. The van der Waals surface area contributed by atoms with Gasteiger partial charge in [0, 0.05) is 42.5 Å². The molecule has 1 N–H and O–H groups in total. The number of rotatable bonds is 5. The maximum absolute atomic E-state index is 15.4. The predicted molar refractivity (Wildman–Crippen MR) is 133 cm³/mol. The van der Waals surface area contributed by atoms with Crippen LogP contribution in [0.5, 0.6) is 0 Å². The quantitative estimate of drug-likeness (QED) is 0.542. The van der Waals surface area contributed by atoms with E-state index in [4.69, 9.17) is 0 Å². The van der Waals surface area contributed by atoms with E-state index in [0.29, 0.717) is 46.8 Å². The molecule has 0 amide bonds. The fraction of sp³-hybridized carbons (Fsp3) is 0.500. The molecule has 0 unspecified atom stereocenters. The molecule has 4 heterocycles. The van der Waals surface area contributed by atoms with Crippen molar-refractivity contribution in [1.82, 2.24) is 24.4 Å². The van der Waals surface area contributed by atoms with E-state index < -0.39 is 5.67 Å². The summed E-state index contributed by atoms with van der Waals surface area (Å²) in [6.45, 7) is 4.63. The lowest BCUT2D eigenvalue weighted by atomic mass is 9.87. The first-order chi connectivity index (χ1) is 16.8. The van der Waals surface area contributed by atoms with Crippen molar-refractivity contribution in [2.75, 3.05) is 25.5 Å². The molecule has 184 valence electrons. The first-order valence-electron chi connectivity index (χ1n) is 12.3. The molecule has 0 aromatic carbocycles. The fourth-order valence-corrected chi connectivity index (χ4v) is 5.42. The Kier molecular flexibility index (Phi) is 6.13. The van der Waals surface area contributed by atoms with E-state index in [1.807, 2.05) is 7.05 Å². The molecule has 1 saturated carbocycles. The fourth-order valence-electron chi connectivity index (χ4n) is 5.42. The summed E-state index contributed by atoms with van der Waals surface area (Å²) in [5.74, 6) is 0.549. The maximum atomic E-state index is 15.4. The maximum Gasteiger partial charge on any atom is 0.263 e. The molecule has 5 rings (SSSR count). The average molecular weight is 479 g/mol. The smallest absolute Gasteiger partial charge is 0.263 e. The first kappa shape index (κ1) is 23.5. The zero-order valence-electron chi connectivity index (χ0n) is 20.5. The second-order valence-corrected chi connectivity index (χ2v) is 9.93. The molecule has 0 atom stereocenters. The molecule has 0 bridgehead atoms. The lowest BCUT2D eigenvalue weighted by Gasteiger charge is -2.34. The van der Waals surface area contributed by atoms with E-state index in [2.05, 4.69) is 25.2 Å². The van der Waals surface area contributed by atoms with Gasteiger partial charge >= 0.3 is 0 Å². The molecule has 0 radical (unpaired) electrons. The number of alkyl halides is 1. The van der Waals surface area contributed by atoms with Crippen molar-refractivity contribution in [1.29, 1.82) is 0 Å². The summed E-state index contributed by atoms with van der Waals surface area (Å²) in [5.41, 5.74) is 0.270. The summed E-state index contributed by atoms with van der Waals surface area (Å²) in [5, 5.41) is 3.79. The third-order valence-corrected chi connectivity index (χ3v) is 7.55. The molecule has 3 aromatic heterocycles. The van der Waals surface area contributed by atoms with E-state index in [-0.39, 0.29) is 22.9 Å². The lowest BCUT2D eigenvalue weighted by Crippen LogP contribution is -2.38. The number of ketones is 1. The second-order valence-electron chi connectivity index (χ2n) is 9.93. The van der Waals surface area contributed by atoms with Gasteiger partial charge in [0.05, 0.1) is 5.56 Å². The van der Waals surface area contributed by atoms with Gasteiger partial charge in [-0.05, 0) is 58.2 Å². The number of aryl methyl sites for hydroxylation is 1. The highest BCUT2D eigenvalue weighted by atomic mass is 19.1. The highest BCUT2D eigenvalue weighted by Gasteiger charge is 2.35. The highest BCUT2D eigenvalue weighted by Crippen LogP contribution is 2.37. The Morgan fingerprint density at radius 3 is 2.49 bits per heavy atom. The molecule has 1 saturated heterocycles. The van der Waals surface area contributed by atoms with Gasteiger partial charge in [-0.2, -0.15) is 4.98 Å². The summed E-state index contributed by atoms with van der Waals surface area (Å²) in [7, 11) is 2.00. The Labute approximate surface area is 203 Å². The number of Topliss-reactive ketones (excluding diaryl/α,β-unsaturated/α-hetero) is 1. The number of hydrogen-bond donors (Lipinski definition) is 1. The molecule has 2 aliphatic rings. The number of anilines is 2. The van der Waals surface area contributed by atoms with Gasteiger partial charge in [0.15, 0.2) is 5.78 Å². The van der Waals surface area contributed by atoms with Crippen LogP contribution < -0.4 is 10.9 Å². The van der Waals surface area contributed by atoms with Crippen molar-refractivity contribution < 1.29 is 9.18 Å². The van der Waals surface area contributed by atoms with E-state index >= 15 is 4.39 Å². The predicted octanol–water partition coefficient (Wildman–Crippen LogP) is 4.45. The van der Waals surface area contributed by atoms with Crippen LogP contribution in [0.2, 0.25) is 0 Å². The van der Waals surface area contributed by atoms with Crippen molar-refractivity contribution in [2.24, 2.45) is 0 Å². The standard InChI is InChI=1S/C26H31FN6O2/c1-16-20-15-29-25(30-21-9-8-18(14-28-21)26(27)10-12-32(3)13-11-26)31-23(20)33(19-6-4-5-7-19)24(35)22(16)17(2)34/h8-9,14-15,19H,4-7,10-13H2,1-3H3,(H,28,29,30,31). The van der Waals surface area contributed by atoms with E-state index in [1.165, 1.54) is 6.92 Å². The van der Waals surface area contributed by atoms with Gasteiger partial charge in [0.25, 0.3) is 5.56 Å². The van der Waals surface area contributed by atoms with Gasteiger partial charge < -0.3 is 10.2 Å². The highest BCUT2D eigenvalue weighted by molar-refractivity contribution is 5.99. The van der Waals surface area contributed by atoms with Crippen LogP contribution in [0.1, 0.15) is 73.0 Å². The number of piperidine rings is 1. The van der Waals surface area contributed by atoms with Crippen LogP contribution in [0.4, 0.5) is 16.2 Å². The molecule has 9 heteroatoms. The minimum absolute atomic E-state index is 0.0131. The van der Waals surface area contributed by atoms with Crippen LogP contribution in [-0.2, 0) is 5.67 Å². The zero-order valence-corrected chi connectivity index (χ0v) is 20.5. The van der Waals surface area contributed by atoms with E-state index in [9.17, 15) is 9.59 Å². The Morgan fingerprint density at radius 2 is 1.86 bits per heavy atom. The molecule has 0 spiro atoms. The number of carbonyl (C=O) groups is 1. The Balaban J connectivity index is 1.49. The third kappa shape index (κ3) is 4.33. The number of aromatic nitrogens is 4. The lowest BCUT2D eigenvalue weighted by molar-refractivity contribution is 0.0671. The number of nitrogens with zero attached hydrogens (tertiary/aromatic N) is 5. The van der Waals surface area contributed by atoms with Crippen LogP contribution in [0.3, 0.4) is 0 Å². The van der Waals surface area contributed by atoms with Crippen molar-refractivity contribution in [2.45, 2.75) is 64.1 Å². The molecular formula is C26H31FN6O2. The van der Waals surface area contributed by atoms with Gasteiger partial charge in [-0.25, -0.2) is 14.4 Å². The number of halogens is 1. The second kappa shape index (κ2) is 9.11. The Morgan fingerprint density at radius 1 is 1.14 bits per heavy atom. The molecule has 35 heavy (non-hydrogen) atoms. The first-order valence-corrected chi connectivity index (χ1v) is 12.3. The van der Waals surface area contributed by atoms with Gasteiger partial charge in [0.2, 0.25) is 5.95 Å². The largest absolute Gasteiger partial charge is 0.309 e. The minimum atomic E-state index is -1.36. The van der Waals surface area contributed by atoms with E-state index in [1.54, 1.807) is 36.0 Å². The summed E-state index contributed by atoms with van der Waals surface area (Å²) in [6.07, 6.45) is 7.98. The third-order valence-electron chi connectivity index (χ3n) is 7.55. The zero-order chi connectivity index (χ0) is 24.7. The molecular weight excluding hydrogens is 447 g/mol. The number of hydrogen-bond acceptors (Lipinski definition) is 7. The SMILES string of the molecule is CC(=O)c1c(C)c2cnc(Nc3ccc(C4(F)CCN(C)CC4)cn3)nc2n(C2CCCC2)c1=O. The van der Waals surface area contributed by atoms with Gasteiger partial charge in [0.1, 0.15) is 17.1 Å². The molecule has 1 aliphatic heterocycles. The molecule has 2 fully saturated rings.